The number of rotatable bonds is 1. The summed E-state index contributed by atoms with van der Waals surface area (Å²) in [6, 6.07) is 7.99. The topological polar surface area (TPSA) is 36.0 Å². The summed E-state index contributed by atoms with van der Waals surface area (Å²) in [6.07, 6.45) is 2.43. The van der Waals surface area contributed by atoms with E-state index in [0.717, 1.165) is 16.5 Å². The lowest BCUT2D eigenvalue weighted by Crippen LogP contribution is -1.78. The number of aliphatic hydroxyl groups is 1. The Bertz CT molecular complexity index is 487. The molecule has 70 valence electrons. The minimum absolute atomic E-state index is 0.121. The predicted octanol–water partition coefficient (Wildman–Crippen LogP) is 1.90. The van der Waals surface area contributed by atoms with Gasteiger partial charge >= 0.3 is 0 Å². The van der Waals surface area contributed by atoms with Crippen LogP contribution in [0.2, 0.25) is 0 Å². The fraction of sp³-hybridized carbons (Fsp3) is 0.167. The lowest BCUT2D eigenvalue weighted by Gasteiger charge is -1.92. The van der Waals surface area contributed by atoms with Crippen LogP contribution in [0.4, 0.5) is 0 Å². The van der Waals surface area contributed by atoms with Gasteiger partial charge in [0.05, 0.1) is 6.61 Å². The number of hydrogen-bond acceptors (Lipinski definition) is 1. The second-order valence-corrected chi connectivity index (χ2v) is 3.02. The summed E-state index contributed by atoms with van der Waals surface area (Å²) in [6.45, 7) is 0.121. The van der Waals surface area contributed by atoms with Crippen LogP contribution in [0, 0.1) is 11.8 Å². The van der Waals surface area contributed by atoms with Gasteiger partial charge in [-0.2, -0.15) is 0 Å². The van der Waals surface area contributed by atoms with Gasteiger partial charge < -0.3 is 10.1 Å². The summed E-state index contributed by atoms with van der Waals surface area (Å²) in [5, 5.41) is 9.75. The molecule has 0 aliphatic heterocycles. The normalized spacial score (nSPS) is 9.79. The van der Waals surface area contributed by atoms with E-state index < -0.39 is 0 Å². The molecule has 2 aromatic rings. The molecule has 0 aliphatic carbocycles. The van der Waals surface area contributed by atoms with Crippen molar-refractivity contribution in [2.45, 2.75) is 6.42 Å². The number of hydrogen-bond donors (Lipinski definition) is 2. The van der Waals surface area contributed by atoms with Crippen molar-refractivity contribution in [3.8, 4) is 11.8 Å². The Morgan fingerprint density at radius 2 is 2.21 bits per heavy atom. The molecule has 2 heteroatoms. The molecule has 0 unspecified atom stereocenters. The Kier molecular flexibility index (Phi) is 2.53. The van der Waals surface area contributed by atoms with Gasteiger partial charge in [0.2, 0.25) is 0 Å². The molecule has 0 saturated carbocycles. The third-order valence-electron chi connectivity index (χ3n) is 2.05. The molecule has 0 atom stereocenters. The van der Waals surface area contributed by atoms with Crippen LogP contribution in [0.5, 0.6) is 0 Å². The average molecular weight is 185 g/mol. The smallest absolute Gasteiger partial charge is 0.0540 e. The van der Waals surface area contributed by atoms with E-state index in [-0.39, 0.29) is 6.61 Å². The van der Waals surface area contributed by atoms with Crippen LogP contribution in [0.3, 0.4) is 0 Å². The highest BCUT2D eigenvalue weighted by atomic mass is 16.2. The molecule has 2 N–H and O–H groups in total. The molecule has 0 radical (unpaired) electrons. The van der Waals surface area contributed by atoms with E-state index in [4.69, 9.17) is 5.11 Å². The van der Waals surface area contributed by atoms with Crippen molar-refractivity contribution in [2.24, 2.45) is 0 Å². The van der Waals surface area contributed by atoms with Gasteiger partial charge in [0, 0.05) is 29.1 Å². The number of fused-ring (bicyclic) bond motifs is 1. The molecule has 0 bridgehead atoms. The zero-order valence-corrected chi connectivity index (χ0v) is 7.75. The first-order valence-electron chi connectivity index (χ1n) is 4.57. The maximum atomic E-state index is 8.61. The number of aliphatic hydroxyl groups excluding tert-OH is 1. The van der Waals surface area contributed by atoms with Crippen LogP contribution in [-0.4, -0.2) is 16.7 Å². The van der Waals surface area contributed by atoms with Crippen LogP contribution < -0.4 is 0 Å². The van der Waals surface area contributed by atoms with E-state index >= 15 is 0 Å². The quantitative estimate of drug-likeness (QED) is 0.654. The van der Waals surface area contributed by atoms with Gasteiger partial charge in [0.15, 0.2) is 0 Å². The molecule has 2 nitrogen and oxygen atoms in total. The Labute approximate surface area is 82.6 Å². The van der Waals surface area contributed by atoms with E-state index in [2.05, 4.69) is 16.8 Å². The molecule has 1 aromatic carbocycles. The van der Waals surface area contributed by atoms with Crippen molar-refractivity contribution in [1.82, 2.24) is 4.98 Å². The third-order valence-corrected chi connectivity index (χ3v) is 2.05. The molecule has 2 rings (SSSR count). The van der Waals surface area contributed by atoms with Gasteiger partial charge in [-0.05, 0) is 18.2 Å². The first-order chi connectivity index (χ1) is 6.92. The van der Waals surface area contributed by atoms with Gasteiger partial charge in [-0.15, -0.1) is 0 Å². The van der Waals surface area contributed by atoms with Crippen molar-refractivity contribution >= 4 is 10.9 Å². The number of aromatic amines is 1. The van der Waals surface area contributed by atoms with Gasteiger partial charge in [-0.1, -0.05) is 17.9 Å². The van der Waals surface area contributed by atoms with E-state index in [0.29, 0.717) is 6.42 Å². The van der Waals surface area contributed by atoms with Crippen molar-refractivity contribution in [1.29, 1.82) is 0 Å². The van der Waals surface area contributed by atoms with E-state index in [9.17, 15) is 0 Å². The third kappa shape index (κ3) is 1.63. The molecule has 1 aromatic heterocycles. The largest absolute Gasteiger partial charge is 0.395 e. The van der Waals surface area contributed by atoms with Crippen LogP contribution >= 0.6 is 0 Å². The van der Waals surface area contributed by atoms with Crippen LogP contribution in [0.25, 0.3) is 10.9 Å². The first-order valence-corrected chi connectivity index (χ1v) is 4.57. The molecule has 0 aliphatic rings. The summed E-state index contributed by atoms with van der Waals surface area (Å²) < 4.78 is 0. The minimum atomic E-state index is 0.121. The lowest BCUT2D eigenvalue weighted by atomic mass is 10.1. The maximum Gasteiger partial charge on any atom is 0.0540 e. The number of H-pyrrole nitrogens is 1. The van der Waals surface area contributed by atoms with Crippen molar-refractivity contribution in [3.63, 3.8) is 0 Å². The standard InChI is InChI=1S/C12H11NO/c14-9-2-1-4-10-5-3-6-12-11(10)7-8-13-12/h3,5-8,13-14H,2,9H2. The fourth-order valence-corrected chi connectivity index (χ4v) is 1.41. The Morgan fingerprint density at radius 1 is 1.29 bits per heavy atom. The molecule has 1 heterocycles. The van der Waals surface area contributed by atoms with Crippen molar-refractivity contribution in [2.75, 3.05) is 6.61 Å². The SMILES string of the molecule is OCCC#Cc1cccc2[nH]ccc12. The number of nitrogens with one attached hydrogen (secondary N) is 1. The molecule has 0 fully saturated rings. The van der Waals surface area contributed by atoms with E-state index in [1.807, 2.05) is 30.5 Å². The zero-order valence-electron chi connectivity index (χ0n) is 7.75. The first kappa shape index (κ1) is 8.86. The minimum Gasteiger partial charge on any atom is -0.395 e. The summed E-state index contributed by atoms with van der Waals surface area (Å²) >= 11 is 0. The van der Waals surface area contributed by atoms with Crippen LogP contribution in [-0.2, 0) is 0 Å². The monoisotopic (exact) mass is 185 g/mol. The van der Waals surface area contributed by atoms with Crippen molar-refractivity contribution in [3.05, 3.63) is 36.0 Å². The van der Waals surface area contributed by atoms with E-state index in [1.165, 1.54) is 0 Å². The second-order valence-electron chi connectivity index (χ2n) is 3.02. The Hall–Kier alpha value is -1.72. The molecular weight excluding hydrogens is 174 g/mol. The van der Waals surface area contributed by atoms with Crippen molar-refractivity contribution < 1.29 is 5.11 Å². The van der Waals surface area contributed by atoms with Crippen LogP contribution in [0.15, 0.2) is 30.5 Å². The molecular formula is C12H11NO. The molecule has 0 amide bonds. The highest BCUT2D eigenvalue weighted by Gasteiger charge is 1.96. The van der Waals surface area contributed by atoms with E-state index in [1.54, 1.807) is 0 Å². The lowest BCUT2D eigenvalue weighted by molar-refractivity contribution is 0.305. The summed E-state index contributed by atoms with van der Waals surface area (Å²) in [5.41, 5.74) is 2.11. The highest BCUT2D eigenvalue weighted by Crippen LogP contribution is 2.15. The highest BCUT2D eigenvalue weighted by molar-refractivity contribution is 5.85. The van der Waals surface area contributed by atoms with Crippen LogP contribution in [0.1, 0.15) is 12.0 Å². The Morgan fingerprint density at radius 3 is 3.07 bits per heavy atom. The molecule has 0 spiro atoms. The summed E-state index contributed by atoms with van der Waals surface area (Å²) in [7, 11) is 0. The number of aromatic nitrogens is 1. The van der Waals surface area contributed by atoms with Gasteiger partial charge in [-0.25, -0.2) is 0 Å². The molecule has 14 heavy (non-hydrogen) atoms. The van der Waals surface area contributed by atoms with Gasteiger partial charge in [-0.3, -0.25) is 0 Å². The predicted molar refractivity (Wildman–Crippen MR) is 56.9 cm³/mol. The molecule has 0 saturated heterocycles. The zero-order chi connectivity index (χ0) is 9.80. The summed E-state index contributed by atoms with van der Waals surface area (Å²) in [4.78, 5) is 3.13. The fourth-order valence-electron chi connectivity index (χ4n) is 1.41. The number of benzene rings is 1. The van der Waals surface area contributed by atoms with Gasteiger partial charge in [0.1, 0.15) is 0 Å². The Balaban J connectivity index is 2.43. The maximum absolute atomic E-state index is 8.61. The summed E-state index contributed by atoms with van der Waals surface area (Å²) in [5.74, 6) is 5.96. The second kappa shape index (κ2) is 3.99. The van der Waals surface area contributed by atoms with Gasteiger partial charge in [0.25, 0.3) is 0 Å². The average Bonchev–Trinajstić information content (AvgIpc) is 2.67.